The van der Waals surface area contributed by atoms with Crippen LogP contribution in [0.4, 0.5) is 10.1 Å². The maximum atomic E-state index is 13.0. The smallest absolute Gasteiger partial charge is 0.125 e. The highest BCUT2D eigenvalue weighted by atomic mass is 35.5. The molecule has 1 rings (SSSR count). The second-order valence-electron chi connectivity index (χ2n) is 3.19. The zero-order valence-corrected chi connectivity index (χ0v) is 9.31. The summed E-state index contributed by atoms with van der Waals surface area (Å²) in [6, 6.07) is 2.58. The van der Waals surface area contributed by atoms with E-state index in [9.17, 15) is 4.39 Å². The second kappa shape index (κ2) is 5.73. The Labute approximate surface area is 93.9 Å². The maximum absolute atomic E-state index is 13.0. The van der Waals surface area contributed by atoms with Crippen LogP contribution in [0, 0.1) is 5.82 Å². The van der Waals surface area contributed by atoms with Crippen LogP contribution in [-0.4, -0.2) is 13.6 Å². The van der Waals surface area contributed by atoms with Crippen LogP contribution in [0.25, 0.3) is 6.08 Å². The summed E-state index contributed by atoms with van der Waals surface area (Å²) >= 11 is 5.75. The lowest BCUT2D eigenvalue weighted by molar-refractivity contribution is 0.628. The monoisotopic (exact) mass is 228 g/mol. The van der Waals surface area contributed by atoms with Crippen LogP contribution in [0.1, 0.15) is 12.0 Å². The second-order valence-corrected chi connectivity index (χ2v) is 3.59. The Kier molecular flexibility index (Phi) is 4.59. The largest absolute Gasteiger partial charge is 0.397 e. The molecule has 0 fully saturated rings. The summed E-state index contributed by atoms with van der Waals surface area (Å²) in [6.45, 7) is 0.874. The predicted molar refractivity (Wildman–Crippen MR) is 63.4 cm³/mol. The van der Waals surface area contributed by atoms with Gasteiger partial charge in [0.15, 0.2) is 0 Å². The molecule has 0 aliphatic carbocycles. The van der Waals surface area contributed by atoms with Crippen molar-refractivity contribution >= 4 is 23.4 Å². The van der Waals surface area contributed by atoms with E-state index in [1.807, 2.05) is 13.1 Å². The van der Waals surface area contributed by atoms with E-state index in [0.29, 0.717) is 11.3 Å². The lowest BCUT2D eigenvalue weighted by atomic mass is 10.1. The van der Waals surface area contributed by atoms with Crippen molar-refractivity contribution in [3.05, 3.63) is 34.6 Å². The number of hydrogen-bond acceptors (Lipinski definition) is 2. The summed E-state index contributed by atoms with van der Waals surface area (Å²) in [5.74, 6) is -0.373. The van der Waals surface area contributed by atoms with Crippen molar-refractivity contribution in [2.75, 3.05) is 19.3 Å². The highest BCUT2D eigenvalue weighted by Gasteiger charge is 2.03. The molecule has 1 aromatic carbocycles. The summed E-state index contributed by atoms with van der Waals surface area (Å²) in [5.41, 5.74) is 6.74. The molecule has 0 bridgehead atoms. The highest BCUT2D eigenvalue weighted by molar-refractivity contribution is 6.33. The first-order valence-electron chi connectivity index (χ1n) is 4.71. The van der Waals surface area contributed by atoms with Crippen LogP contribution in [0.5, 0.6) is 0 Å². The van der Waals surface area contributed by atoms with E-state index < -0.39 is 0 Å². The minimum Gasteiger partial charge on any atom is -0.397 e. The van der Waals surface area contributed by atoms with Gasteiger partial charge in [0.2, 0.25) is 0 Å². The molecule has 0 atom stereocenters. The highest BCUT2D eigenvalue weighted by Crippen LogP contribution is 2.25. The van der Waals surface area contributed by atoms with Gasteiger partial charge in [0.1, 0.15) is 5.82 Å². The van der Waals surface area contributed by atoms with Crippen LogP contribution in [0.2, 0.25) is 5.02 Å². The fraction of sp³-hybridized carbons (Fsp3) is 0.273. The normalized spacial score (nSPS) is 11.1. The van der Waals surface area contributed by atoms with Crippen molar-refractivity contribution < 1.29 is 4.39 Å². The molecular weight excluding hydrogens is 215 g/mol. The van der Waals surface area contributed by atoms with Crippen LogP contribution < -0.4 is 11.1 Å². The van der Waals surface area contributed by atoms with Gasteiger partial charge in [0.25, 0.3) is 0 Å². The van der Waals surface area contributed by atoms with Gasteiger partial charge in [-0.1, -0.05) is 23.8 Å². The first-order chi connectivity index (χ1) is 7.15. The van der Waals surface area contributed by atoms with E-state index in [1.165, 1.54) is 12.1 Å². The summed E-state index contributed by atoms with van der Waals surface area (Å²) in [5, 5.41) is 3.26. The van der Waals surface area contributed by atoms with E-state index in [2.05, 4.69) is 5.32 Å². The van der Waals surface area contributed by atoms with Gasteiger partial charge in [-0.15, -0.1) is 0 Å². The first kappa shape index (κ1) is 12.0. The number of halogens is 2. The molecule has 0 aliphatic heterocycles. The van der Waals surface area contributed by atoms with Crippen LogP contribution in [0.3, 0.4) is 0 Å². The van der Waals surface area contributed by atoms with E-state index in [1.54, 1.807) is 6.08 Å². The van der Waals surface area contributed by atoms with Gasteiger partial charge in [-0.25, -0.2) is 4.39 Å². The number of anilines is 1. The summed E-state index contributed by atoms with van der Waals surface area (Å²) in [4.78, 5) is 0. The number of rotatable bonds is 4. The van der Waals surface area contributed by atoms with Crippen molar-refractivity contribution in [1.29, 1.82) is 0 Å². The minimum atomic E-state index is -0.373. The zero-order chi connectivity index (χ0) is 11.3. The lowest BCUT2D eigenvalue weighted by Crippen LogP contribution is -2.05. The Hall–Kier alpha value is -1.06. The molecule has 15 heavy (non-hydrogen) atoms. The third-order valence-corrected chi connectivity index (χ3v) is 2.30. The molecule has 0 aliphatic rings. The Morgan fingerprint density at radius 1 is 1.53 bits per heavy atom. The van der Waals surface area contributed by atoms with E-state index in [0.717, 1.165) is 13.0 Å². The van der Waals surface area contributed by atoms with Gasteiger partial charge >= 0.3 is 0 Å². The number of nitrogens with two attached hydrogens (primary N) is 1. The Morgan fingerprint density at radius 2 is 2.27 bits per heavy atom. The molecule has 0 radical (unpaired) electrons. The molecule has 3 N–H and O–H groups in total. The number of nitrogens with one attached hydrogen (secondary N) is 1. The molecular formula is C11H14ClFN2. The van der Waals surface area contributed by atoms with Crippen molar-refractivity contribution in [3.8, 4) is 0 Å². The number of hydrogen-bond donors (Lipinski definition) is 2. The minimum absolute atomic E-state index is 0.253. The summed E-state index contributed by atoms with van der Waals surface area (Å²) in [7, 11) is 1.88. The topological polar surface area (TPSA) is 38.0 Å². The molecule has 1 aromatic rings. The molecule has 0 spiro atoms. The van der Waals surface area contributed by atoms with Gasteiger partial charge in [-0.2, -0.15) is 0 Å². The Morgan fingerprint density at radius 3 is 2.93 bits per heavy atom. The molecule has 0 amide bonds. The molecule has 0 heterocycles. The van der Waals surface area contributed by atoms with Crippen LogP contribution >= 0.6 is 11.6 Å². The molecule has 0 saturated heterocycles. The SMILES string of the molecule is CNCCC=Cc1cc(F)cc(Cl)c1N. The predicted octanol–water partition coefficient (Wildman–Crippen LogP) is 2.68. The number of benzene rings is 1. The molecule has 82 valence electrons. The Balaban J connectivity index is 2.80. The van der Waals surface area contributed by atoms with Crippen LogP contribution in [-0.2, 0) is 0 Å². The molecule has 2 nitrogen and oxygen atoms in total. The zero-order valence-electron chi connectivity index (χ0n) is 8.56. The van der Waals surface area contributed by atoms with Crippen molar-refractivity contribution in [2.24, 2.45) is 0 Å². The molecule has 0 aromatic heterocycles. The van der Waals surface area contributed by atoms with Crippen molar-refractivity contribution in [1.82, 2.24) is 5.32 Å². The third-order valence-electron chi connectivity index (χ3n) is 1.98. The molecule has 4 heteroatoms. The Bertz CT molecular complexity index is 364. The standard InChI is InChI=1S/C11H14ClFN2/c1-15-5-3-2-4-8-6-9(13)7-10(12)11(8)14/h2,4,6-7,15H,3,5,14H2,1H3. The third kappa shape index (κ3) is 3.53. The van der Waals surface area contributed by atoms with Crippen molar-refractivity contribution in [2.45, 2.75) is 6.42 Å². The van der Waals surface area contributed by atoms with Gasteiger partial charge < -0.3 is 11.1 Å². The fourth-order valence-electron chi connectivity index (χ4n) is 1.18. The maximum Gasteiger partial charge on any atom is 0.125 e. The average molecular weight is 229 g/mol. The van der Waals surface area contributed by atoms with Gasteiger partial charge in [-0.05, 0) is 32.1 Å². The summed E-state index contributed by atoms with van der Waals surface area (Å²) < 4.78 is 13.0. The van der Waals surface area contributed by atoms with Crippen molar-refractivity contribution in [3.63, 3.8) is 0 Å². The molecule has 0 saturated carbocycles. The quantitative estimate of drug-likeness (QED) is 0.614. The first-order valence-corrected chi connectivity index (χ1v) is 5.08. The van der Waals surface area contributed by atoms with Gasteiger partial charge in [-0.3, -0.25) is 0 Å². The van der Waals surface area contributed by atoms with E-state index in [-0.39, 0.29) is 10.8 Å². The summed E-state index contributed by atoms with van der Waals surface area (Å²) in [6.07, 6.45) is 4.57. The van der Waals surface area contributed by atoms with Crippen LogP contribution in [0.15, 0.2) is 18.2 Å². The van der Waals surface area contributed by atoms with Gasteiger partial charge in [0, 0.05) is 5.56 Å². The fourth-order valence-corrected chi connectivity index (χ4v) is 1.39. The van der Waals surface area contributed by atoms with E-state index >= 15 is 0 Å². The van der Waals surface area contributed by atoms with E-state index in [4.69, 9.17) is 17.3 Å². The average Bonchev–Trinajstić information content (AvgIpc) is 2.19. The lowest BCUT2D eigenvalue weighted by Gasteiger charge is -2.03. The molecule has 0 unspecified atom stereocenters. The number of nitrogen functional groups attached to an aromatic ring is 1. The van der Waals surface area contributed by atoms with Gasteiger partial charge in [0.05, 0.1) is 10.7 Å².